The number of hydrogen-bond donors (Lipinski definition) is 0. The largest absolute Gasteiger partial charge is 0.465 e. The molecule has 1 rings (SSSR count). The molecule has 70 valence electrons. The van der Waals surface area contributed by atoms with Crippen LogP contribution >= 0.6 is 0 Å². The third kappa shape index (κ3) is 2.62. The molecular weight excluding hydrogens is 176 g/mol. The summed E-state index contributed by atoms with van der Waals surface area (Å²) in [5.74, 6) is -0.810. The van der Waals surface area contributed by atoms with Gasteiger partial charge in [-0.15, -0.1) is 0 Å². The lowest BCUT2D eigenvalue weighted by atomic mass is 10.5. The quantitative estimate of drug-likeness (QED) is 0.644. The highest BCUT2D eigenvalue weighted by atomic mass is 16.6. The predicted molar refractivity (Wildman–Crippen MR) is 41.3 cm³/mol. The molecule has 0 amide bonds. The second-order valence-corrected chi connectivity index (χ2v) is 2.29. The zero-order valence-electron chi connectivity index (χ0n) is 7.20. The Hall–Kier alpha value is -1.78. The molecule has 0 aliphatic carbocycles. The summed E-state index contributed by atoms with van der Waals surface area (Å²) in [6.45, 7) is 2.48. The van der Waals surface area contributed by atoms with Gasteiger partial charge >= 0.3 is 11.9 Å². The Morgan fingerprint density at radius 1 is 1.08 bits per heavy atom. The van der Waals surface area contributed by atoms with Crippen molar-refractivity contribution in [2.24, 2.45) is 0 Å². The van der Waals surface area contributed by atoms with Crippen LogP contribution in [0.15, 0.2) is 16.9 Å². The Morgan fingerprint density at radius 3 is 1.77 bits per heavy atom. The molecule has 13 heavy (non-hydrogen) atoms. The van der Waals surface area contributed by atoms with Crippen molar-refractivity contribution in [1.29, 1.82) is 0 Å². The monoisotopic (exact) mass is 184 g/mol. The molecule has 0 radical (unpaired) electrons. The molecule has 1 heterocycles. The lowest BCUT2D eigenvalue weighted by molar-refractivity contribution is -0.134. The molecular formula is C8H8O5. The van der Waals surface area contributed by atoms with Crippen LogP contribution in [0.2, 0.25) is 0 Å². The molecule has 0 atom stereocenters. The number of carbonyl (C=O) groups is 2. The molecule has 5 nitrogen and oxygen atoms in total. The Labute approximate surface area is 74.2 Å². The van der Waals surface area contributed by atoms with E-state index in [1.807, 2.05) is 0 Å². The Morgan fingerprint density at radius 2 is 1.46 bits per heavy atom. The molecule has 0 aromatic carbocycles. The normalized spacial score (nSPS) is 9.38. The first kappa shape index (κ1) is 9.31. The van der Waals surface area contributed by atoms with Crippen LogP contribution in [0.1, 0.15) is 13.8 Å². The highest BCUT2D eigenvalue weighted by molar-refractivity contribution is 5.73. The highest BCUT2D eigenvalue weighted by Crippen LogP contribution is 2.28. The predicted octanol–water partition coefficient (Wildman–Crippen LogP) is 1.13. The van der Waals surface area contributed by atoms with Crippen molar-refractivity contribution in [2.75, 3.05) is 0 Å². The van der Waals surface area contributed by atoms with E-state index in [1.165, 1.54) is 26.4 Å². The zero-order valence-corrected chi connectivity index (χ0v) is 7.20. The van der Waals surface area contributed by atoms with Gasteiger partial charge in [-0.3, -0.25) is 9.59 Å². The van der Waals surface area contributed by atoms with E-state index in [4.69, 9.17) is 4.42 Å². The lowest BCUT2D eigenvalue weighted by Crippen LogP contribution is -2.05. The Kier molecular flexibility index (Phi) is 2.69. The minimum Gasteiger partial charge on any atom is -0.465 e. The van der Waals surface area contributed by atoms with Crippen molar-refractivity contribution < 1.29 is 23.5 Å². The number of hydrogen-bond acceptors (Lipinski definition) is 5. The Bertz CT molecular complexity index is 295. The van der Waals surface area contributed by atoms with E-state index in [0.29, 0.717) is 0 Å². The molecule has 5 heteroatoms. The van der Waals surface area contributed by atoms with E-state index in [-0.39, 0.29) is 11.5 Å². The molecule has 0 N–H and O–H groups in total. The molecule has 1 aromatic heterocycles. The van der Waals surface area contributed by atoms with E-state index >= 15 is 0 Å². The smallest absolute Gasteiger partial charge is 0.308 e. The lowest BCUT2D eigenvalue weighted by Gasteiger charge is -2.00. The first-order valence-corrected chi connectivity index (χ1v) is 3.52. The zero-order chi connectivity index (χ0) is 9.84. The first-order chi connectivity index (χ1) is 6.09. The second-order valence-electron chi connectivity index (χ2n) is 2.29. The van der Waals surface area contributed by atoms with Gasteiger partial charge in [0.1, 0.15) is 12.5 Å². The van der Waals surface area contributed by atoms with Gasteiger partial charge in [-0.25, -0.2) is 0 Å². The summed E-state index contributed by atoms with van der Waals surface area (Å²) >= 11 is 0. The van der Waals surface area contributed by atoms with E-state index in [1.54, 1.807) is 0 Å². The number of ether oxygens (including phenoxy) is 2. The average Bonchev–Trinajstić information content (AvgIpc) is 2.34. The van der Waals surface area contributed by atoms with E-state index in [9.17, 15) is 9.59 Å². The minimum absolute atomic E-state index is 0.0997. The van der Waals surface area contributed by atoms with Crippen LogP contribution in [0.25, 0.3) is 0 Å². The van der Waals surface area contributed by atoms with Crippen LogP contribution in [0.4, 0.5) is 0 Å². The maximum Gasteiger partial charge on any atom is 0.308 e. The van der Waals surface area contributed by atoms with Gasteiger partial charge in [-0.1, -0.05) is 0 Å². The molecule has 0 spiro atoms. The van der Waals surface area contributed by atoms with Crippen LogP contribution in [0, 0.1) is 0 Å². The van der Waals surface area contributed by atoms with Gasteiger partial charge in [0.05, 0.1) is 0 Å². The standard InChI is InChI=1S/C8H8O5/c1-5(9)12-7-3-11-4-8(7)13-6(2)10/h3-4H,1-2H3. The maximum atomic E-state index is 10.5. The molecule has 0 saturated heterocycles. The molecule has 0 bridgehead atoms. The van der Waals surface area contributed by atoms with Crippen molar-refractivity contribution in [3.63, 3.8) is 0 Å². The summed E-state index contributed by atoms with van der Waals surface area (Å²) in [6.07, 6.45) is 2.36. The van der Waals surface area contributed by atoms with Crippen molar-refractivity contribution in [3.8, 4) is 11.5 Å². The van der Waals surface area contributed by atoms with Gasteiger partial charge in [0, 0.05) is 13.8 Å². The number of esters is 2. The van der Waals surface area contributed by atoms with Crippen molar-refractivity contribution in [2.45, 2.75) is 13.8 Å². The van der Waals surface area contributed by atoms with Gasteiger partial charge in [0.15, 0.2) is 0 Å². The first-order valence-electron chi connectivity index (χ1n) is 3.52. The van der Waals surface area contributed by atoms with Crippen LogP contribution in [-0.2, 0) is 9.59 Å². The SMILES string of the molecule is CC(=O)Oc1cocc1OC(C)=O. The van der Waals surface area contributed by atoms with Gasteiger partial charge in [-0.05, 0) is 0 Å². The van der Waals surface area contributed by atoms with Crippen LogP contribution in [0.3, 0.4) is 0 Å². The summed E-state index contributed by atoms with van der Waals surface area (Å²) in [7, 11) is 0. The molecule has 1 aromatic rings. The summed E-state index contributed by atoms with van der Waals surface area (Å²) in [6, 6.07) is 0. The summed E-state index contributed by atoms with van der Waals surface area (Å²) < 4.78 is 14.0. The average molecular weight is 184 g/mol. The number of rotatable bonds is 2. The van der Waals surface area contributed by atoms with Crippen LogP contribution in [-0.4, -0.2) is 11.9 Å². The molecule has 0 fully saturated rings. The summed E-state index contributed by atoms with van der Waals surface area (Å²) in [5, 5.41) is 0. The van der Waals surface area contributed by atoms with Crippen LogP contribution < -0.4 is 9.47 Å². The maximum absolute atomic E-state index is 10.5. The highest BCUT2D eigenvalue weighted by Gasteiger charge is 2.11. The molecule has 0 unspecified atom stereocenters. The molecule has 0 aliphatic rings. The van der Waals surface area contributed by atoms with Crippen LogP contribution in [0.5, 0.6) is 11.5 Å². The van der Waals surface area contributed by atoms with E-state index < -0.39 is 11.9 Å². The van der Waals surface area contributed by atoms with Gasteiger partial charge < -0.3 is 13.9 Å². The number of furan rings is 1. The topological polar surface area (TPSA) is 65.7 Å². The van der Waals surface area contributed by atoms with Gasteiger partial charge in [0.2, 0.25) is 11.5 Å². The fraction of sp³-hybridized carbons (Fsp3) is 0.250. The molecule has 0 aliphatic heterocycles. The van der Waals surface area contributed by atoms with Gasteiger partial charge in [0.25, 0.3) is 0 Å². The fourth-order valence-corrected chi connectivity index (χ4v) is 0.732. The second kappa shape index (κ2) is 3.75. The number of carbonyl (C=O) groups excluding carboxylic acids is 2. The summed E-state index contributed by atoms with van der Waals surface area (Å²) in [5.41, 5.74) is 0. The Balaban J connectivity index is 2.76. The van der Waals surface area contributed by atoms with Gasteiger partial charge in [-0.2, -0.15) is 0 Å². The molecule has 0 saturated carbocycles. The summed E-state index contributed by atoms with van der Waals surface area (Å²) in [4.78, 5) is 21.1. The van der Waals surface area contributed by atoms with Crippen molar-refractivity contribution >= 4 is 11.9 Å². The van der Waals surface area contributed by atoms with Crippen molar-refractivity contribution in [3.05, 3.63) is 12.5 Å². The third-order valence-electron chi connectivity index (χ3n) is 1.10. The minimum atomic E-state index is -0.505. The van der Waals surface area contributed by atoms with E-state index in [0.717, 1.165) is 0 Å². The fourth-order valence-electron chi connectivity index (χ4n) is 0.732. The third-order valence-corrected chi connectivity index (χ3v) is 1.10. The van der Waals surface area contributed by atoms with Crippen molar-refractivity contribution in [1.82, 2.24) is 0 Å². The van der Waals surface area contributed by atoms with E-state index in [2.05, 4.69) is 9.47 Å².